The van der Waals surface area contributed by atoms with E-state index in [0.29, 0.717) is 38.8 Å². The monoisotopic (exact) mass is 372 g/mol. The number of hydrogen-bond donors (Lipinski definition) is 0. The molecule has 2 aromatic heterocycles. The standard InChI is InChI=1S/C18H16N2O5S/c1-10-14-16(19-9-20(2)17(14)21)26-15(10)18(22)24-8-11-7-23-12-5-3-4-6-13(12)25-11/h3-6,9,11H,7-8H2,1-2H3. The van der Waals surface area contributed by atoms with E-state index in [1.165, 1.54) is 10.9 Å². The zero-order valence-corrected chi connectivity index (χ0v) is 15.0. The Morgan fingerprint density at radius 3 is 2.96 bits per heavy atom. The van der Waals surface area contributed by atoms with Crippen molar-refractivity contribution in [1.82, 2.24) is 9.55 Å². The van der Waals surface area contributed by atoms with Crippen LogP contribution in [0.5, 0.6) is 11.5 Å². The smallest absolute Gasteiger partial charge is 0.348 e. The van der Waals surface area contributed by atoms with Crippen LogP contribution in [0.15, 0.2) is 35.4 Å². The predicted octanol–water partition coefficient (Wildman–Crippen LogP) is 2.30. The van der Waals surface area contributed by atoms with Crippen LogP contribution in [0.4, 0.5) is 0 Å². The number of hydrogen-bond acceptors (Lipinski definition) is 7. The average molecular weight is 372 g/mol. The van der Waals surface area contributed by atoms with Crippen molar-refractivity contribution in [2.45, 2.75) is 13.0 Å². The lowest BCUT2D eigenvalue weighted by molar-refractivity contribution is 0.0113. The van der Waals surface area contributed by atoms with Gasteiger partial charge >= 0.3 is 5.97 Å². The summed E-state index contributed by atoms with van der Waals surface area (Å²) in [4.78, 5) is 29.8. The molecule has 0 radical (unpaired) electrons. The predicted molar refractivity (Wildman–Crippen MR) is 96.2 cm³/mol. The molecule has 26 heavy (non-hydrogen) atoms. The van der Waals surface area contributed by atoms with Crippen molar-refractivity contribution < 1.29 is 19.0 Å². The molecule has 0 N–H and O–H groups in total. The molecule has 0 aliphatic carbocycles. The summed E-state index contributed by atoms with van der Waals surface area (Å²) in [5.74, 6) is 0.817. The number of thiophene rings is 1. The number of carbonyl (C=O) groups excluding carboxylic acids is 1. The maximum absolute atomic E-state index is 12.5. The molecule has 0 fully saturated rings. The van der Waals surface area contributed by atoms with Crippen molar-refractivity contribution in [3.8, 4) is 11.5 Å². The maximum Gasteiger partial charge on any atom is 0.348 e. The zero-order valence-electron chi connectivity index (χ0n) is 14.2. The third-order valence-corrected chi connectivity index (χ3v) is 5.34. The quantitative estimate of drug-likeness (QED) is 0.657. The van der Waals surface area contributed by atoms with Gasteiger partial charge in [-0.25, -0.2) is 9.78 Å². The molecule has 0 amide bonds. The highest BCUT2D eigenvalue weighted by molar-refractivity contribution is 7.20. The molecule has 4 rings (SSSR count). The number of aromatic nitrogens is 2. The number of benzene rings is 1. The van der Waals surface area contributed by atoms with Gasteiger partial charge in [0, 0.05) is 7.05 Å². The molecular formula is C18H16N2O5S. The number of para-hydroxylation sites is 2. The van der Waals surface area contributed by atoms with Gasteiger partial charge < -0.3 is 18.8 Å². The molecule has 8 heteroatoms. The highest BCUT2D eigenvalue weighted by Gasteiger charge is 2.24. The molecule has 3 heterocycles. The molecule has 1 atom stereocenters. The van der Waals surface area contributed by atoms with Crippen LogP contribution in [0.25, 0.3) is 10.2 Å². The van der Waals surface area contributed by atoms with E-state index < -0.39 is 5.97 Å². The van der Waals surface area contributed by atoms with Crippen molar-refractivity contribution in [1.29, 1.82) is 0 Å². The third-order valence-electron chi connectivity index (χ3n) is 4.16. The van der Waals surface area contributed by atoms with Crippen LogP contribution < -0.4 is 15.0 Å². The van der Waals surface area contributed by atoms with E-state index in [9.17, 15) is 9.59 Å². The topological polar surface area (TPSA) is 79.7 Å². The lowest BCUT2D eigenvalue weighted by Gasteiger charge is -2.25. The summed E-state index contributed by atoms with van der Waals surface area (Å²) in [6, 6.07) is 7.35. The van der Waals surface area contributed by atoms with Crippen molar-refractivity contribution >= 4 is 27.5 Å². The summed E-state index contributed by atoms with van der Waals surface area (Å²) in [7, 11) is 1.63. The van der Waals surface area contributed by atoms with Crippen molar-refractivity contribution in [3.63, 3.8) is 0 Å². The molecule has 134 valence electrons. The number of ether oxygens (including phenoxy) is 3. The van der Waals surface area contributed by atoms with Gasteiger partial charge in [0.05, 0.1) is 11.7 Å². The van der Waals surface area contributed by atoms with E-state index in [1.54, 1.807) is 20.0 Å². The number of aryl methyl sites for hydroxylation is 2. The van der Waals surface area contributed by atoms with Gasteiger partial charge in [0.1, 0.15) is 22.9 Å². The minimum absolute atomic E-state index is 0.0618. The molecule has 0 spiro atoms. The molecule has 0 saturated carbocycles. The number of fused-ring (bicyclic) bond motifs is 2. The first-order chi connectivity index (χ1) is 12.5. The fourth-order valence-electron chi connectivity index (χ4n) is 2.78. The van der Waals surface area contributed by atoms with E-state index in [2.05, 4.69) is 4.98 Å². The molecule has 1 unspecified atom stereocenters. The van der Waals surface area contributed by atoms with Gasteiger partial charge in [0.2, 0.25) is 0 Å². The Labute approximate surface area is 152 Å². The van der Waals surface area contributed by atoms with Crippen LogP contribution in [0.3, 0.4) is 0 Å². The van der Waals surface area contributed by atoms with Crippen molar-refractivity contribution in [2.75, 3.05) is 13.2 Å². The highest BCUT2D eigenvalue weighted by atomic mass is 32.1. The van der Waals surface area contributed by atoms with Gasteiger partial charge in [0.25, 0.3) is 5.56 Å². The Bertz CT molecular complexity index is 1060. The van der Waals surface area contributed by atoms with Gasteiger partial charge in [-0.2, -0.15) is 0 Å². The van der Waals surface area contributed by atoms with Gasteiger partial charge in [-0.05, 0) is 24.6 Å². The Kier molecular flexibility index (Phi) is 4.12. The number of nitrogens with zero attached hydrogens (tertiary/aromatic N) is 2. The van der Waals surface area contributed by atoms with Crippen LogP contribution >= 0.6 is 11.3 Å². The molecule has 1 aromatic carbocycles. The minimum Gasteiger partial charge on any atom is -0.486 e. The molecule has 1 aliphatic rings. The lowest BCUT2D eigenvalue weighted by atomic mass is 10.2. The van der Waals surface area contributed by atoms with E-state index in [0.717, 1.165) is 11.3 Å². The summed E-state index contributed by atoms with van der Waals surface area (Å²) in [6.45, 7) is 2.10. The average Bonchev–Trinajstić information content (AvgIpc) is 3.00. The first-order valence-corrected chi connectivity index (χ1v) is 8.86. The van der Waals surface area contributed by atoms with Gasteiger partial charge in [-0.15, -0.1) is 11.3 Å². The van der Waals surface area contributed by atoms with Crippen LogP contribution in [0.1, 0.15) is 15.2 Å². The Morgan fingerprint density at radius 2 is 2.15 bits per heavy atom. The SMILES string of the molecule is Cc1c(C(=O)OCC2COc3ccccc3O2)sc2ncn(C)c(=O)c12. The van der Waals surface area contributed by atoms with E-state index >= 15 is 0 Å². The van der Waals surface area contributed by atoms with Crippen LogP contribution in [0, 0.1) is 6.92 Å². The summed E-state index contributed by atoms with van der Waals surface area (Å²) in [5, 5.41) is 0.457. The lowest BCUT2D eigenvalue weighted by Crippen LogP contribution is -2.34. The first kappa shape index (κ1) is 16.6. The van der Waals surface area contributed by atoms with Gasteiger partial charge in [-0.1, -0.05) is 12.1 Å². The fourth-order valence-corrected chi connectivity index (χ4v) is 3.82. The molecular weight excluding hydrogens is 356 g/mol. The van der Waals surface area contributed by atoms with Gasteiger partial charge in [0.15, 0.2) is 17.6 Å². The summed E-state index contributed by atoms with van der Waals surface area (Å²) in [5.41, 5.74) is 0.415. The molecule has 3 aromatic rings. The first-order valence-electron chi connectivity index (χ1n) is 8.05. The molecule has 0 saturated heterocycles. The van der Waals surface area contributed by atoms with E-state index in [1.807, 2.05) is 18.2 Å². The van der Waals surface area contributed by atoms with Crippen LogP contribution in [-0.2, 0) is 11.8 Å². The minimum atomic E-state index is -0.491. The van der Waals surface area contributed by atoms with Gasteiger partial charge in [-0.3, -0.25) is 4.79 Å². The highest BCUT2D eigenvalue weighted by Crippen LogP contribution is 2.31. The Morgan fingerprint density at radius 1 is 1.38 bits per heavy atom. The zero-order chi connectivity index (χ0) is 18.3. The third kappa shape index (κ3) is 2.82. The van der Waals surface area contributed by atoms with Crippen LogP contribution in [-0.4, -0.2) is 34.8 Å². The number of carbonyl (C=O) groups is 1. The second kappa shape index (κ2) is 6.45. The van der Waals surface area contributed by atoms with Crippen molar-refractivity contribution in [3.05, 3.63) is 51.4 Å². The molecule has 1 aliphatic heterocycles. The van der Waals surface area contributed by atoms with E-state index in [4.69, 9.17) is 14.2 Å². The second-order valence-corrected chi connectivity index (χ2v) is 6.99. The summed E-state index contributed by atoms with van der Waals surface area (Å²) in [6.07, 6.45) is 1.06. The number of esters is 1. The fraction of sp³-hybridized carbons (Fsp3) is 0.278. The Hall–Kier alpha value is -2.87. The largest absolute Gasteiger partial charge is 0.486 e. The van der Waals surface area contributed by atoms with Crippen LogP contribution in [0.2, 0.25) is 0 Å². The van der Waals surface area contributed by atoms with Crippen molar-refractivity contribution in [2.24, 2.45) is 7.05 Å². The molecule has 7 nitrogen and oxygen atoms in total. The number of rotatable bonds is 3. The normalized spacial score (nSPS) is 15.8. The second-order valence-electron chi connectivity index (χ2n) is 5.99. The molecule has 0 bridgehead atoms. The summed E-state index contributed by atoms with van der Waals surface area (Å²) < 4.78 is 18.2. The van der Waals surface area contributed by atoms with E-state index in [-0.39, 0.29) is 18.3 Å². The maximum atomic E-state index is 12.5. The summed E-state index contributed by atoms with van der Waals surface area (Å²) >= 11 is 1.16. The Balaban J connectivity index is 1.49.